The van der Waals surface area contributed by atoms with Crippen molar-refractivity contribution in [2.24, 2.45) is 0 Å². The van der Waals surface area contributed by atoms with Crippen molar-refractivity contribution in [3.63, 3.8) is 0 Å². The lowest BCUT2D eigenvalue weighted by Gasteiger charge is -2.16. The Morgan fingerprint density at radius 1 is 1.03 bits per heavy atom. The Kier molecular flexibility index (Phi) is 6.58. The van der Waals surface area contributed by atoms with Gasteiger partial charge in [0.05, 0.1) is 16.6 Å². The lowest BCUT2D eigenvalue weighted by molar-refractivity contribution is 0.0793. The first-order valence-corrected chi connectivity index (χ1v) is 12.5. The molecule has 35 heavy (non-hydrogen) atoms. The molecule has 1 saturated heterocycles. The Labute approximate surface area is 209 Å². The van der Waals surface area contributed by atoms with E-state index in [2.05, 4.69) is 4.98 Å². The van der Waals surface area contributed by atoms with Crippen LogP contribution in [0.2, 0.25) is 5.02 Å². The number of fused-ring (bicyclic) bond motifs is 1. The fourth-order valence-electron chi connectivity index (χ4n) is 4.15. The van der Waals surface area contributed by atoms with Crippen LogP contribution in [-0.2, 0) is 5.75 Å². The lowest BCUT2D eigenvalue weighted by atomic mass is 10.1. The molecule has 0 atom stereocenters. The summed E-state index contributed by atoms with van der Waals surface area (Å²) < 4.78 is 29.7. The Hall–Kier alpha value is -3.23. The summed E-state index contributed by atoms with van der Waals surface area (Å²) in [4.78, 5) is 32.9. The number of rotatable bonds is 5. The number of thioether (sulfide) groups is 1. The minimum Gasteiger partial charge on any atom is -0.339 e. The quantitative estimate of drug-likeness (QED) is 0.249. The highest BCUT2D eigenvalue weighted by molar-refractivity contribution is 7.98. The zero-order valence-corrected chi connectivity index (χ0v) is 20.1. The highest BCUT2D eigenvalue weighted by Crippen LogP contribution is 2.29. The zero-order chi connectivity index (χ0) is 24.5. The van der Waals surface area contributed by atoms with E-state index in [4.69, 9.17) is 11.6 Å². The molecular weight excluding hydrogens is 492 g/mol. The minimum absolute atomic E-state index is 0.102. The normalized spacial score (nSPS) is 13.5. The predicted molar refractivity (Wildman–Crippen MR) is 133 cm³/mol. The van der Waals surface area contributed by atoms with Gasteiger partial charge in [0, 0.05) is 35.0 Å². The van der Waals surface area contributed by atoms with Crippen LogP contribution in [-0.4, -0.2) is 33.4 Å². The number of aromatic nitrogens is 2. The summed E-state index contributed by atoms with van der Waals surface area (Å²) in [7, 11) is 0. The maximum Gasteiger partial charge on any atom is 0.266 e. The number of benzene rings is 3. The molecule has 1 fully saturated rings. The van der Waals surface area contributed by atoms with Gasteiger partial charge in [0.1, 0.15) is 11.6 Å². The fraction of sp³-hybridized carbons (Fsp3) is 0.192. The molecule has 5 rings (SSSR count). The van der Waals surface area contributed by atoms with Crippen molar-refractivity contribution in [3.8, 4) is 5.69 Å². The van der Waals surface area contributed by atoms with E-state index in [0.717, 1.165) is 24.6 Å². The van der Waals surface area contributed by atoms with Gasteiger partial charge in [-0.25, -0.2) is 13.8 Å². The molecule has 0 spiro atoms. The molecule has 2 heterocycles. The summed E-state index contributed by atoms with van der Waals surface area (Å²) >= 11 is 7.29. The lowest BCUT2D eigenvalue weighted by Crippen LogP contribution is -2.28. The molecule has 0 bridgehead atoms. The Balaban J connectivity index is 1.63. The van der Waals surface area contributed by atoms with E-state index in [-0.39, 0.29) is 27.4 Å². The standard InChI is InChI=1S/C26H20ClF2N3O2S/c27-21-7-4-8-22(29)20(21)15-35-26-30-23-13-16(24(33)31-11-1-2-12-31)9-10-19(23)25(34)32(26)18-6-3-5-17(28)14-18/h3-10,13-14H,1-2,11-12,15H2. The van der Waals surface area contributed by atoms with Crippen LogP contribution in [0.3, 0.4) is 0 Å². The van der Waals surface area contributed by atoms with Crippen LogP contribution in [0, 0.1) is 11.6 Å². The minimum atomic E-state index is -0.505. The SMILES string of the molecule is O=C(c1ccc2c(=O)n(-c3cccc(F)c3)c(SCc3c(F)cccc3Cl)nc2c1)N1CCCC1. The second kappa shape index (κ2) is 9.79. The van der Waals surface area contributed by atoms with Gasteiger partial charge in [-0.1, -0.05) is 35.5 Å². The molecule has 0 N–H and O–H groups in total. The average molecular weight is 512 g/mol. The first kappa shape index (κ1) is 23.5. The van der Waals surface area contributed by atoms with Crippen molar-refractivity contribution >= 4 is 40.2 Å². The molecule has 0 saturated carbocycles. The van der Waals surface area contributed by atoms with Crippen LogP contribution in [0.15, 0.2) is 70.6 Å². The molecule has 1 amide bonds. The van der Waals surface area contributed by atoms with Crippen molar-refractivity contribution in [2.75, 3.05) is 13.1 Å². The van der Waals surface area contributed by atoms with Crippen LogP contribution < -0.4 is 5.56 Å². The number of nitrogens with zero attached hydrogens (tertiary/aromatic N) is 3. The maximum absolute atomic E-state index is 14.4. The van der Waals surface area contributed by atoms with Crippen LogP contribution >= 0.6 is 23.4 Å². The molecule has 0 radical (unpaired) electrons. The number of amides is 1. The van der Waals surface area contributed by atoms with Gasteiger partial charge in [0.2, 0.25) is 0 Å². The van der Waals surface area contributed by atoms with E-state index < -0.39 is 17.2 Å². The number of carbonyl (C=O) groups excluding carboxylic acids is 1. The topological polar surface area (TPSA) is 55.2 Å². The third kappa shape index (κ3) is 4.68. The van der Waals surface area contributed by atoms with E-state index in [0.29, 0.717) is 35.2 Å². The van der Waals surface area contributed by atoms with Gasteiger partial charge in [-0.3, -0.25) is 14.2 Å². The zero-order valence-electron chi connectivity index (χ0n) is 18.5. The molecule has 0 unspecified atom stereocenters. The Bertz CT molecular complexity index is 1480. The third-order valence-corrected chi connectivity index (χ3v) is 7.27. The van der Waals surface area contributed by atoms with Crippen LogP contribution in [0.1, 0.15) is 28.8 Å². The van der Waals surface area contributed by atoms with Crippen molar-refractivity contribution in [3.05, 3.63) is 98.8 Å². The third-order valence-electron chi connectivity index (χ3n) is 5.95. The van der Waals surface area contributed by atoms with Gasteiger partial charge in [-0.05, 0) is 61.4 Å². The van der Waals surface area contributed by atoms with Gasteiger partial charge in [0.15, 0.2) is 5.16 Å². The van der Waals surface area contributed by atoms with Gasteiger partial charge in [0.25, 0.3) is 11.5 Å². The Morgan fingerprint density at radius 3 is 2.54 bits per heavy atom. The summed E-state index contributed by atoms with van der Waals surface area (Å²) in [5.74, 6) is -0.975. The van der Waals surface area contributed by atoms with Crippen molar-refractivity contribution < 1.29 is 13.6 Å². The van der Waals surface area contributed by atoms with Crippen LogP contribution in [0.25, 0.3) is 16.6 Å². The molecule has 3 aromatic carbocycles. The molecule has 0 aliphatic carbocycles. The van der Waals surface area contributed by atoms with Gasteiger partial charge in [-0.2, -0.15) is 0 Å². The van der Waals surface area contributed by atoms with E-state index in [1.54, 1.807) is 35.2 Å². The number of hydrogen-bond donors (Lipinski definition) is 0. The van der Waals surface area contributed by atoms with Gasteiger partial charge < -0.3 is 4.90 Å². The summed E-state index contributed by atoms with van der Waals surface area (Å²) in [5.41, 5.74) is 0.946. The number of halogens is 3. The summed E-state index contributed by atoms with van der Waals surface area (Å²) in [6.07, 6.45) is 1.94. The summed E-state index contributed by atoms with van der Waals surface area (Å²) in [6.45, 7) is 1.41. The molecule has 1 aliphatic rings. The Morgan fingerprint density at radius 2 is 1.80 bits per heavy atom. The molecule has 9 heteroatoms. The fourth-order valence-corrected chi connectivity index (χ4v) is 5.50. The molecular formula is C26H20ClF2N3O2S. The molecule has 4 aromatic rings. The van der Waals surface area contributed by atoms with E-state index >= 15 is 0 Å². The second-order valence-electron chi connectivity index (χ2n) is 8.23. The van der Waals surface area contributed by atoms with Gasteiger partial charge >= 0.3 is 0 Å². The van der Waals surface area contributed by atoms with E-state index in [1.807, 2.05) is 0 Å². The highest BCUT2D eigenvalue weighted by Gasteiger charge is 2.21. The predicted octanol–water partition coefficient (Wildman–Crippen LogP) is 5.85. The van der Waals surface area contributed by atoms with Crippen LogP contribution in [0.5, 0.6) is 0 Å². The van der Waals surface area contributed by atoms with Crippen molar-refractivity contribution in [1.82, 2.24) is 14.5 Å². The molecule has 1 aromatic heterocycles. The summed E-state index contributed by atoms with van der Waals surface area (Å²) in [5, 5.41) is 0.787. The van der Waals surface area contributed by atoms with Crippen molar-refractivity contribution in [2.45, 2.75) is 23.8 Å². The average Bonchev–Trinajstić information content (AvgIpc) is 3.38. The van der Waals surface area contributed by atoms with E-state index in [1.165, 1.54) is 34.9 Å². The second-order valence-corrected chi connectivity index (χ2v) is 9.58. The largest absolute Gasteiger partial charge is 0.339 e. The smallest absolute Gasteiger partial charge is 0.266 e. The number of likely N-dealkylation sites (tertiary alicyclic amines) is 1. The van der Waals surface area contributed by atoms with Crippen molar-refractivity contribution in [1.29, 1.82) is 0 Å². The summed E-state index contributed by atoms with van der Waals surface area (Å²) in [6, 6.07) is 14.8. The molecule has 178 valence electrons. The number of hydrogen-bond acceptors (Lipinski definition) is 4. The van der Waals surface area contributed by atoms with Crippen LogP contribution in [0.4, 0.5) is 8.78 Å². The highest BCUT2D eigenvalue weighted by atomic mass is 35.5. The molecule has 1 aliphatic heterocycles. The first-order chi connectivity index (χ1) is 16.9. The maximum atomic E-state index is 14.4. The van der Waals surface area contributed by atoms with E-state index in [9.17, 15) is 18.4 Å². The monoisotopic (exact) mass is 511 g/mol. The first-order valence-electron chi connectivity index (χ1n) is 11.1. The number of carbonyl (C=O) groups is 1. The molecule has 5 nitrogen and oxygen atoms in total. The van der Waals surface area contributed by atoms with Gasteiger partial charge in [-0.15, -0.1) is 0 Å².